The molecule has 0 aromatic heterocycles. The van der Waals surface area contributed by atoms with Crippen molar-refractivity contribution in [2.75, 3.05) is 11.9 Å². The lowest BCUT2D eigenvalue weighted by Gasteiger charge is -2.19. The summed E-state index contributed by atoms with van der Waals surface area (Å²) < 4.78 is 0. The number of hydrazone groups is 1. The molecule has 4 nitrogen and oxygen atoms in total. The van der Waals surface area contributed by atoms with Crippen molar-refractivity contribution in [3.05, 3.63) is 28.8 Å². The zero-order valence-corrected chi connectivity index (χ0v) is 13.3. The van der Waals surface area contributed by atoms with Crippen molar-refractivity contribution in [1.29, 1.82) is 0 Å². The van der Waals surface area contributed by atoms with Gasteiger partial charge in [-0.15, -0.1) is 0 Å². The van der Waals surface area contributed by atoms with Gasteiger partial charge in [0.25, 0.3) is 5.91 Å². The second kappa shape index (κ2) is 7.46. The van der Waals surface area contributed by atoms with Crippen LogP contribution in [0.2, 0.25) is 5.02 Å². The Morgan fingerprint density at radius 1 is 1.48 bits per heavy atom. The lowest BCUT2D eigenvalue weighted by atomic mass is 9.89. The van der Waals surface area contributed by atoms with Gasteiger partial charge in [-0.25, -0.2) is 5.43 Å². The minimum Gasteiger partial charge on any atom is -0.376 e. The SMILES string of the molecule is Cc1c(Cl)cccc1NCC(=O)NN=C1CCC[C@H](C)C1. The van der Waals surface area contributed by atoms with E-state index in [1.165, 1.54) is 6.42 Å². The van der Waals surface area contributed by atoms with Crippen LogP contribution in [0, 0.1) is 12.8 Å². The zero-order valence-electron chi connectivity index (χ0n) is 12.6. The lowest BCUT2D eigenvalue weighted by molar-refractivity contribution is -0.119. The maximum atomic E-state index is 11.8. The molecule has 1 saturated carbocycles. The first-order valence-corrected chi connectivity index (χ1v) is 7.77. The normalized spacial score (nSPS) is 20.3. The number of nitrogens with zero attached hydrogens (tertiary/aromatic N) is 1. The van der Waals surface area contributed by atoms with Crippen molar-refractivity contribution in [1.82, 2.24) is 5.43 Å². The van der Waals surface area contributed by atoms with E-state index in [-0.39, 0.29) is 12.5 Å². The molecule has 2 N–H and O–H groups in total. The molecule has 2 rings (SSSR count). The van der Waals surface area contributed by atoms with Crippen molar-refractivity contribution in [3.8, 4) is 0 Å². The van der Waals surface area contributed by atoms with Gasteiger partial charge in [0.15, 0.2) is 0 Å². The standard InChI is InChI=1S/C16H22ClN3O/c1-11-5-3-6-13(9-11)19-20-16(21)10-18-15-8-4-7-14(17)12(15)2/h4,7-8,11,18H,3,5-6,9-10H2,1-2H3,(H,20,21)/t11-/m0/s1. The third kappa shape index (κ3) is 4.74. The van der Waals surface area contributed by atoms with Crippen LogP contribution in [-0.4, -0.2) is 18.2 Å². The van der Waals surface area contributed by atoms with Crippen molar-refractivity contribution in [2.24, 2.45) is 11.0 Å². The fourth-order valence-electron chi connectivity index (χ4n) is 2.52. The fraction of sp³-hybridized carbons (Fsp3) is 0.500. The van der Waals surface area contributed by atoms with Crippen LogP contribution in [-0.2, 0) is 4.79 Å². The van der Waals surface area contributed by atoms with Gasteiger partial charge in [-0.1, -0.05) is 24.6 Å². The Bertz CT molecular complexity index is 542. The van der Waals surface area contributed by atoms with E-state index in [4.69, 9.17) is 11.6 Å². The lowest BCUT2D eigenvalue weighted by Crippen LogP contribution is -2.28. The van der Waals surface area contributed by atoms with E-state index >= 15 is 0 Å². The maximum absolute atomic E-state index is 11.8. The zero-order chi connectivity index (χ0) is 15.2. The Kier molecular flexibility index (Phi) is 5.62. The molecular formula is C16H22ClN3O. The molecule has 0 radical (unpaired) electrons. The highest BCUT2D eigenvalue weighted by atomic mass is 35.5. The summed E-state index contributed by atoms with van der Waals surface area (Å²) >= 11 is 6.04. The summed E-state index contributed by atoms with van der Waals surface area (Å²) in [6.45, 7) is 4.33. The summed E-state index contributed by atoms with van der Waals surface area (Å²) in [6, 6.07) is 5.60. The van der Waals surface area contributed by atoms with Crippen LogP contribution in [0.1, 0.15) is 38.2 Å². The third-order valence-electron chi connectivity index (χ3n) is 3.79. The summed E-state index contributed by atoms with van der Waals surface area (Å²) in [5.74, 6) is 0.529. The van der Waals surface area contributed by atoms with Gasteiger partial charge in [0.05, 0.1) is 6.54 Å². The minimum atomic E-state index is -0.139. The number of amides is 1. The van der Waals surface area contributed by atoms with E-state index in [1.54, 1.807) is 0 Å². The van der Waals surface area contributed by atoms with E-state index in [1.807, 2.05) is 25.1 Å². The topological polar surface area (TPSA) is 53.5 Å². The first kappa shape index (κ1) is 15.8. The van der Waals surface area contributed by atoms with Crippen LogP contribution in [0.25, 0.3) is 0 Å². The Labute approximate surface area is 131 Å². The molecule has 0 aliphatic heterocycles. The van der Waals surface area contributed by atoms with Crippen LogP contribution in [0.4, 0.5) is 5.69 Å². The molecule has 1 aromatic rings. The molecule has 0 unspecified atom stereocenters. The number of benzene rings is 1. The van der Waals surface area contributed by atoms with Gasteiger partial charge < -0.3 is 5.32 Å². The Morgan fingerprint density at radius 3 is 3.05 bits per heavy atom. The molecule has 1 fully saturated rings. The van der Waals surface area contributed by atoms with Gasteiger partial charge in [-0.3, -0.25) is 4.79 Å². The first-order chi connectivity index (χ1) is 10.1. The predicted octanol–water partition coefficient (Wildman–Crippen LogP) is 3.74. The molecule has 1 aliphatic carbocycles. The molecule has 21 heavy (non-hydrogen) atoms. The second-order valence-corrected chi connectivity index (χ2v) is 6.09. The molecule has 0 saturated heterocycles. The number of hydrogen-bond donors (Lipinski definition) is 2. The Morgan fingerprint density at radius 2 is 2.29 bits per heavy atom. The van der Waals surface area contributed by atoms with Gasteiger partial charge in [0.1, 0.15) is 0 Å². The van der Waals surface area contributed by atoms with Gasteiger partial charge in [-0.2, -0.15) is 5.10 Å². The average Bonchev–Trinajstić information content (AvgIpc) is 2.47. The van der Waals surface area contributed by atoms with Gasteiger partial charge in [0.2, 0.25) is 0 Å². The van der Waals surface area contributed by atoms with E-state index < -0.39 is 0 Å². The number of carbonyl (C=O) groups excluding carboxylic acids is 1. The highest BCUT2D eigenvalue weighted by Crippen LogP contribution is 2.22. The maximum Gasteiger partial charge on any atom is 0.259 e. The van der Waals surface area contributed by atoms with Gasteiger partial charge >= 0.3 is 0 Å². The highest BCUT2D eigenvalue weighted by molar-refractivity contribution is 6.31. The van der Waals surface area contributed by atoms with E-state index in [2.05, 4.69) is 22.8 Å². The summed E-state index contributed by atoms with van der Waals surface area (Å²) in [6.07, 6.45) is 4.39. The first-order valence-electron chi connectivity index (χ1n) is 7.39. The number of anilines is 1. The molecule has 114 valence electrons. The monoisotopic (exact) mass is 307 g/mol. The Hall–Kier alpha value is -1.55. The number of nitrogens with one attached hydrogen (secondary N) is 2. The molecule has 0 spiro atoms. The third-order valence-corrected chi connectivity index (χ3v) is 4.20. The molecule has 5 heteroatoms. The number of carbonyl (C=O) groups is 1. The summed E-state index contributed by atoms with van der Waals surface area (Å²) in [4.78, 5) is 11.8. The molecule has 1 atom stereocenters. The predicted molar refractivity (Wildman–Crippen MR) is 87.9 cm³/mol. The number of hydrogen-bond acceptors (Lipinski definition) is 3. The smallest absolute Gasteiger partial charge is 0.259 e. The number of rotatable bonds is 4. The highest BCUT2D eigenvalue weighted by Gasteiger charge is 2.14. The molecule has 0 heterocycles. The minimum absolute atomic E-state index is 0.139. The van der Waals surface area contributed by atoms with Crippen LogP contribution >= 0.6 is 11.6 Å². The average molecular weight is 308 g/mol. The van der Waals surface area contributed by atoms with Crippen molar-refractivity contribution < 1.29 is 4.79 Å². The molecule has 1 amide bonds. The summed E-state index contributed by atoms with van der Waals surface area (Å²) in [7, 11) is 0. The molecular weight excluding hydrogens is 286 g/mol. The fourth-order valence-corrected chi connectivity index (χ4v) is 2.69. The van der Waals surface area contributed by atoms with E-state index in [9.17, 15) is 4.79 Å². The molecule has 0 bridgehead atoms. The van der Waals surface area contributed by atoms with E-state index in [0.717, 1.165) is 36.2 Å². The van der Waals surface area contributed by atoms with Crippen LogP contribution in [0.5, 0.6) is 0 Å². The van der Waals surface area contributed by atoms with Crippen LogP contribution in [0.15, 0.2) is 23.3 Å². The second-order valence-electron chi connectivity index (χ2n) is 5.68. The number of halogens is 1. The Balaban J connectivity index is 1.82. The van der Waals surface area contributed by atoms with Crippen molar-refractivity contribution >= 4 is 28.9 Å². The largest absolute Gasteiger partial charge is 0.376 e. The van der Waals surface area contributed by atoms with Crippen LogP contribution < -0.4 is 10.7 Å². The van der Waals surface area contributed by atoms with E-state index in [0.29, 0.717) is 10.9 Å². The molecule has 1 aromatic carbocycles. The van der Waals surface area contributed by atoms with Crippen molar-refractivity contribution in [3.63, 3.8) is 0 Å². The van der Waals surface area contributed by atoms with Gasteiger partial charge in [-0.05, 0) is 56.2 Å². The summed E-state index contributed by atoms with van der Waals surface area (Å²) in [5.41, 5.74) is 5.54. The summed E-state index contributed by atoms with van der Waals surface area (Å²) in [5, 5.41) is 8.01. The van der Waals surface area contributed by atoms with Gasteiger partial charge in [0, 0.05) is 16.4 Å². The molecule has 1 aliphatic rings. The van der Waals surface area contributed by atoms with Crippen molar-refractivity contribution in [2.45, 2.75) is 39.5 Å². The quantitative estimate of drug-likeness (QED) is 0.833. The van der Waals surface area contributed by atoms with Crippen LogP contribution in [0.3, 0.4) is 0 Å².